The van der Waals surface area contributed by atoms with Crippen LogP contribution in [-0.2, 0) is 11.2 Å². The minimum atomic E-state index is -0.485. The first-order valence-corrected chi connectivity index (χ1v) is 12.8. The van der Waals surface area contributed by atoms with E-state index in [0.717, 1.165) is 59.3 Å². The highest BCUT2D eigenvalue weighted by Gasteiger charge is 2.28. The summed E-state index contributed by atoms with van der Waals surface area (Å²) in [6, 6.07) is 16.4. The molecule has 0 unspecified atom stereocenters. The monoisotopic (exact) mass is 497 g/mol. The zero-order chi connectivity index (χ0) is 25.8. The summed E-state index contributed by atoms with van der Waals surface area (Å²) in [5, 5.41) is 13.9. The minimum absolute atomic E-state index is 0.194. The summed E-state index contributed by atoms with van der Waals surface area (Å²) in [4.78, 5) is 19.1. The molecule has 2 aromatic carbocycles. The highest BCUT2D eigenvalue weighted by Crippen LogP contribution is 2.43. The number of imidazole rings is 1. The number of aromatic amines is 1. The van der Waals surface area contributed by atoms with Crippen LogP contribution in [-0.4, -0.2) is 33.3 Å². The SMILES string of the molecule is CC(C)OC(=O)Nc1ccc(-c2c(C#N)c3ccc(OCCCc4cnc[nH]4)cc3n2C2CCC2)cc1. The van der Waals surface area contributed by atoms with Gasteiger partial charge in [0.1, 0.15) is 11.8 Å². The molecule has 5 rings (SSSR count). The number of nitrogens with zero attached hydrogens (tertiary/aromatic N) is 3. The van der Waals surface area contributed by atoms with Crippen LogP contribution in [0.15, 0.2) is 55.0 Å². The van der Waals surface area contributed by atoms with Crippen LogP contribution < -0.4 is 10.1 Å². The van der Waals surface area contributed by atoms with Crippen molar-refractivity contribution in [3.05, 3.63) is 66.2 Å². The second kappa shape index (κ2) is 10.8. The standard InChI is InChI=1S/C29H31N5O3/c1-19(2)37-29(35)33-21-10-8-20(9-11-21)28-26(16-30)25-13-12-24(15-27(25)34(28)23-6-3-7-23)36-14-4-5-22-17-31-18-32-22/h8-13,15,17-19,23H,3-7,14H2,1-2H3,(H,31,32)(H,33,35). The quantitative estimate of drug-likeness (QED) is 0.254. The minimum Gasteiger partial charge on any atom is -0.494 e. The van der Waals surface area contributed by atoms with Gasteiger partial charge in [0.15, 0.2) is 0 Å². The average molecular weight is 498 g/mol. The van der Waals surface area contributed by atoms with Crippen molar-refractivity contribution in [3.8, 4) is 23.1 Å². The third kappa shape index (κ3) is 5.31. The van der Waals surface area contributed by atoms with Gasteiger partial charge in [-0.3, -0.25) is 5.32 Å². The molecule has 190 valence electrons. The van der Waals surface area contributed by atoms with E-state index in [-0.39, 0.29) is 6.10 Å². The predicted molar refractivity (Wildman–Crippen MR) is 143 cm³/mol. The number of amides is 1. The average Bonchev–Trinajstić information content (AvgIpc) is 3.47. The van der Waals surface area contributed by atoms with Gasteiger partial charge in [0, 0.05) is 35.1 Å². The van der Waals surface area contributed by atoms with E-state index >= 15 is 0 Å². The maximum absolute atomic E-state index is 12.0. The Balaban J connectivity index is 1.43. The van der Waals surface area contributed by atoms with Crippen molar-refractivity contribution < 1.29 is 14.3 Å². The number of hydrogen-bond donors (Lipinski definition) is 2. The number of H-pyrrole nitrogens is 1. The van der Waals surface area contributed by atoms with E-state index in [1.807, 2.05) is 56.4 Å². The van der Waals surface area contributed by atoms with Gasteiger partial charge >= 0.3 is 6.09 Å². The molecule has 0 bridgehead atoms. The van der Waals surface area contributed by atoms with Crippen molar-refractivity contribution >= 4 is 22.7 Å². The number of nitriles is 1. The Morgan fingerprint density at radius 3 is 2.70 bits per heavy atom. The molecular formula is C29H31N5O3. The molecule has 2 aromatic heterocycles. The van der Waals surface area contributed by atoms with E-state index < -0.39 is 6.09 Å². The lowest BCUT2D eigenvalue weighted by molar-refractivity contribution is 0.130. The summed E-state index contributed by atoms with van der Waals surface area (Å²) < 4.78 is 13.6. The molecule has 0 spiro atoms. The summed E-state index contributed by atoms with van der Waals surface area (Å²) in [5.74, 6) is 0.800. The van der Waals surface area contributed by atoms with E-state index in [2.05, 4.69) is 32.0 Å². The molecule has 1 saturated carbocycles. The van der Waals surface area contributed by atoms with Crippen LogP contribution in [0.3, 0.4) is 0 Å². The molecule has 4 aromatic rings. The van der Waals surface area contributed by atoms with E-state index in [9.17, 15) is 10.1 Å². The van der Waals surface area contributed by atoms with Gasteiger partial charge in [-0.2, -0.15) is 5.26 Å². The largest absolute Gasteiger partial charge is 0.494 e. The molecule has 37 heavy (non-hydrogen) atoms. The zero-order valence-corrected chi connectivity index (χ0v) is 21.2. The number of fused-ring (bicyclic) bond motifs is 1. The van der Waals surface area contributed by atoms with Crippen molar-refractivity contribution in [1.29, 1.82) is 5.26 Å². The van der Waals surface area contributed by atoms with Gasteiger partial charge in [-0.25, -0.2) is 9.78 Å². The molecule has 1 fully saturated rings. The third-order valence-corrected chi connectivity index (χ3v) is 6.69. The van der Waals surface area contributed by atoms with Gasteiger partial charge in [-0.15, -0.1) is 0 Å². The number of rotatable bonds is 9. The molecule has 2 heterocycles. The molecule has 8 heteroatoms. The first-order chi connectivity index (χ1) is 18.0. The number of anilines is 1. The summed E-state index contributed by atoms with van der Waals surface area (Å²) in [5.41, 5.74) is 5.27. The van der Waals surface area contributed by atoms with Crippen LogP contribution >= 0.6 is 0 Å². The molecule has 1 aliphatic rings. The van der Waals surface area contributed by atoms with E-state index in [4.69, 9.17) is 9.47 Å². The van der Waals surface area contributed by atoms with E-state index in [1.54, 1.807) is 6.33 Å². The first-order valence-electron chi connectivity index (χ1n) is 12.8. The van der Waals surface area contributed by atoms with Gasteiger partial charge in [0.25, 0.3) is 0 Å². The smallest absolute Gasteiger partial charge is 0.411 e. The van der Waals surface area contributed by atoms with Crippen molar-refractivity contribution in [3.63, 3.8) is 0 Å². The lowest BCUT2D eigenvalue weighted by atomic mass is 9.92. The number of nitrogens with one attached hydrogen (secondary N) is 2. The first kappa shape index (κ1) is 24.4. The van der Waals surface area contributed by atoms with Crippen molar-refractivity contribution in [2.75, 3.05) is 11.9 Å². The number of aryl methyl sites for hydroxylation is 1. The fourth-order valence-electron chi connectivity index (χ4n) is 4.75. The second-order valence-electron chi connectivity index (χ2n) is 9.65. The number of aromatic nitrogens is 3. The lowest BCUT2D eigenvalue weighted by Crippen LogP contribution is -2.18. The number of ether oxygens (including phenoxy) is 2. The van der Waals surface area contributed by atoms with Gasteiger partial charge < -0.3 is 19.0 Å². The highest BCUT2D eigenvalue weighted by atomic mass is 16.6. The lowest BCUT2D eigenvalue weighted by Gasteiger charge is -2.30. The summed E-state index contributed by atoms with van der Waals surface area (Å²) >= 11 is 0. The summed E-state index contributed by atoms with van der Waals surface area (Å²) in [6.45, 7) is 4.21. The van der Waals surface area contributed by atoms with E-state index in [0.29, 0.717) is 23.9 Å². The Labute approximate surface area is 216 Å². The highest BCUT2D eigenvalue weighted by molar-refractivity contribution is 5.96. The maximum Gasteiger partial charge on any atom is 0.411 e. The molecule has 1 amide bonds. The molecule has 8 nitrogen and oxygen atoms in total. The van der Waals surface area contributed by atoms with Gasteiger partial charge in [0.05, 0.1) is 35.8 Å². The van der Waals surface area contributed by atoms with Crippen LogP contribution in [0.25, 0.3) is 22.2 Å². The Kier molecular flexibility index (Phi) is 7.13. The number of carbonyl (C=O) groups is 1. The molecule has 2 N–H and O–H groups in total. The topological polar surface area (TPSA) is 105 Å². The van der Waals surface area contributed by atoms with Gasteiger partial charge in [0.2, 0.25) is 0 Å². The molecular weight excluding hydrogens is 466 g/mol. The number of hydrogen-bond acceptors (Lipinski definition) is 5. The Morgan fingerprint density at radius 1 is 1.24 bits per heavy atom. The fourth-order valence-corrected chi connectivity index (χ4v) is 4.75. The molecule has 0 saturated heterocycles. The molecule has 0 radical (unpaired) electrons. The third-order valence-electron chi connectivity index (χ3n) is 6.69. The van der Waals surface area contributed by atoms with Crippen molar-refractivity contribution in [2.24, 2.45) is 0 Å². The Bertz CT molecular complexity index is 1410. The molecule has 1 aliphatic carbocycles. The zero-order valence-electron chi connectivity index (χ0n) is 21.2. The van der Waals surface area contributed by atoms with Crippen LogP contribution in [0.2, 0.25) is 0 Å². The second-order valence-corrected chi connectivity index (χ2v) is 9.65. The maximum atomic E-state index is 12.0. The van der Waals surface area contributed by atoms with Crippen LogP contribution in [0.1, 0.15) is 56.8 Å². The Hall–Kier alpha value is -4.25. The summed E-state index contributed by atoms with van der Waals surface area (Å²) in [6.07, 6.45) is 7.94. The summed E-state index contributed by atoms with van der Waals surface area (Å²) in [7, 11) is 0. The van der Waals surface area contributed by atoms with E-state index in [1.165, 1.54) is 6.42 Å². The van der Waals surface area contributed by atoms with Crippen LogP contribution in [0.5, 0.6) is 5.75 Å². The molecule has 0 atom stereocenters. The fraction of sp³-hybridized carbons (Fsp3) is 0.345. The van der Waals surface area contributed by atoms with Gasteiger partial charge in [-0.1, -0.05) is 12.1 Å². The van der Waals surface area contributed by atoms with Crippen LogP contribution in [0, 0.1) is 11.3 Å². The number of benzene rings is 2. The number of carbonyl (C=O) groups excluding carboxylic acids is 1. The molecule has 0 aliphatic heterocycles. The van der Waals surface area contributed by atoms with Crippen molar-refractivity contribution in [2.45, 2.75) is 58.1 Å². The van der Waals surface area contributed by atoms with Crippen LogP contribution in [0.4, 0.5) is 10.5 Å². The van der Waals surface area contributed by atoms with Crippen molar-refractivity contribution in [1.82, 2.24) is 14.5 Å². The van der Waals surface area contributed by atoms with Gasteiger partial charge in [-0.05, 0) is 75.8 Å². The predicted octanol–water partition coefficient (Wildman–Crippen LogP) is 6.60. The normalized spacial score (nSPS) is 13.4. The Morgan fingerprint density at radius 2 is 2.05 bits per heavy atom.